The number of aromatic nitrogens is 3. The highest BCUT2D eigenvalue weighted by molar-refractivity contribution is 5.95. The van der Waals surface area contributed by atoms with Crippen LogP contribution in [-0.2, 0) is 6.42 Å². The van der Waals surface area contributed by atoms with Crippen molar-refractivity contribution in [3.8, 4) is 17.5 Å². The molecule has 7 nitrogen and oxygen atoms in total. The summed E-state index contributed by atoms with van der Waals surface area (Å²) in [6.45, 7) is 0. The Hall–Kier alpha value is -4.05. The standard InChI is InChI=1S/C23H19N5O2/c24-13-14-6-8-17-15(11-14)3-1-4-19(17)25-16-7-9-20-18(12-16)22(27-26-20)21-5-2-10-28(21)23(29)30/h2,5-12,19,25H,1,3-4H2,(H,26,27)(H,29,30). The first-order valence-corrected chi connectivity index (χ1v) is 9.82. The Kier molecular flexibility index (Phi) is 4.25. The molecule has 7 heteroatoms. The SMILES string of the molecule is N#Cc1ccc2c(c1)CCCC2Nc1ccc2[nH]nc(-c3cccn3C(=O)O)c2c1. The fourth-order valence-electron chi connectivity index (χ4n) is 4.27. The van der Waals surface area contributed by atoms with Gasteiger partial charge < -0.3 is 10.4 Å². The number of carbonyl (C=O) groups is 1. The molecule has 5 rings (SSSR count). The molecule has 0 saturated heterocycles. The molecular weight excluding hydrogens is 378 g/mol. The molecule has 2 aromatic carbocycles. The number of nitriles is 1. The minimum atomic E-state index is -1.05. The Bertz CT molecular complexity index is 1310. The molecule has 0 bridgehead atoms. The Morgan fingerprint density at radius 1 is 1.27 bits per heavy atom. The first-order chi connectivity index (χ1) is 14.6. The zero-order valence-corrected chi connectivity index (χ0v) is 16.1. The smallest absolute Gasteiger partial charge is 0.416 e. The van der Waals surface area contributed by atoms with Gasteiger partial charge in [-0.3, -0.25) is 9.67 Å². The Balaban J connectivity index is 1.51. The van der Waals surface area contributed by atoms with Gasteiger partial charge in [0, 0.05) is 17.3 Å². The summed E-state index contributed by atoms with van der Waals surface area (Å²) in [5.74, 6) is 0. The molecule has 0 fully saturated rings. The number of rotatable bonds is 3. The predicted molar refractivity (Wildman–Crippen MR) is 113 cm³/mol. The first-order valence-electron chi connectivity index (χ1n) is 9.82. The summed E-state index contributed by atoms with van der Waals surface area (Å²) in [5.41, 5.74) is 6.06. The zero-order chi connectivity index (χ0) is 20.7. The zero-order valence-electron chi connectivity index (χ0n) is 16.1. The van der Waals surface area contributed by atoms with E-state index < -0.39 is 6.09 Å². The van der Waals surface area contributed by atoms with Gasteiger partial charge in [-0.1, -0.05) is 6.07 Å². The van der Waals surface area contributed by atoms with Crippen molar-refractivity contribution in [2.24, 2.45) is 0 Å². The lowest BCUT2D eigenvalue weighted by molar-refractivity contribution is 0.197. The summed E-state index contributed by atoms with van der Waals surface area (Å²) in [4.78, 5) is 11.5. The third-order valence-electron chi connectivity index (χ3n) is 5.69. The third-order valence-corrected chi connectivity index (χ3v) is 5.69. The number of carboxylic acid groups (broad SMARTS) is 1. The van der Waals surface area contributed by atoms with Crippen LogP contribution in [-0.4, -0.2) is 26.0 Å². The maximum absolute atomic E-state index is 11.5. The number of fused-ring (bicyclic) bond motifs is 2. The molecule has 0 aliphatic heterocycles. The molecule has 0 saturated carbocycles. The van der Waals surface area contributed by atoms with Crippen molar-refractivity contribution >= 4 is 22.7 Å². The molecule has 2 heterocycles. The summed E-state index contributed by atoms with van der Waals surface area (Å²) in [5, 5.41) is 30.4. The third kappa shape index (κ3) is 2.99. The van der Waals surface area contributed by atoms with Crippen LogP contribution in [0.25, 0.3) is 22.3 Å². The van der Waals surface area contributed by atoms with Gasteiger partial charge in [-0.15, -0.1) is 0 Å². The number of aryl methyl sites for hydroxylation is 1. The molecule has 0 amide bonds. The summed E-state index contributed by atoms with van der Waals surface area (Å²) in [6, 6.07) is 17.7. The average Bonchev–Trinajstić information content (AvgIpc) is 3.40. The van der Waals surface area contributed by atoms with Crippen LogP contribution in [0.3, 0.4) is 0 Å². The molecular formula is C23H19N5O2. The highest BCUT2D eigenvalue weighted by atomic mass is 16.4. The van der Waals surface area contributed by atoms with E-state index in [9.17, 15) is 9.90 Å². The van der Waals surface area contributed by atoms with Crippen molar-refractivity contribution in [3.63, 3.8) is 0 Å². The summed E-state index contributed by atoms with van der Waals surface area (Å²) in [6.07, 6.45) is 3.52. The highest BCUT2D eigenvalue weighted by Crippen LogP contribution is 2.35. The van der Waals surface area contributed by atoms with Gasteiger partial charge in [0.05, 0.1) is 28.9 Å². The molecule has 1 aliphatic carbocycles. The number of hydrogen-bond donors (Lipinski definition) is 3. The van der Waals surface area contributed by atoms with E-state index in [4.69, 9.17) is 5.26 Å². The maximum Gasteiger partial charge on any atom is 0.416 e. The minimum absolute atomic E-state index is 0.164. The molecule has 148 valence electrons. The monoisotopic (exact) mass is 397 g/mol. The minimum Gasteiger partial charge on any atom is -0.464 e. The summed E-state index contributed by atoms with van der Waals surface area (Å²) in [7, 11) is 0. The van der Waals surface area contributed by atoms with Crippen LogP contribution in [0.5, 0.6) is 0 Å². The molecule has 0 spiro atoms. The van der Waals surface area contributed by atoms with Gasteiger partial charge in [-0.05, 0) is 72.9 Å². The number of hydrogen-bond acceptors (Lipinski definition) is 4. The van der Waals surface area contributed by atoms with Crippen molar-refractivity contribution in [2.75, 3.05) is 5.32 Å². The van der Waals surface area contributed by atoms with E-state index in [2.05, 4.69) is 21.6 Å². The van der Waals surface area contributed by atoms with Crippen LogP contribution in [0, 0.1) is 11.3 Å². The van der Waals surface area contributed by atoms with Crippen molar-refractivity contribution in [1.82, 2.24) is 14.8 Å². The quantitative estimate of drug-likeness (QED) is 0.455. The number of H-pyrrole nitrogens is 1. The highest BCUT2D eigenvalue weighted by Gasteiger charge is 2.21. The molecule has 3 N–H and O–H groups in total. The van der Waals surface area contributed by atoms with Gasteiger partial charge in [0.2, 0.25) is 0 Å². The number of anilines is 1. The number of benzene rings is 2. The van der Waals surface area contributed by atoms with Gasteiger partial charge in [0.15, 0.2) is 0 Å². The second-order valence-corrected chi connectivity index (χ2v) is 7.49. The molecule has 0 radical (unpaired) electrons. The van der Waals surface area contributed by atoms with E-state index in [1.54, 1.807) is 12.1 Å². The fraction of sp³-hybridized carbons (Fsp3) is 0.174. The number of nitrogens with zero attached hydrogens (tertiary/aromatic N) is 3. The summed E-state index contributed by atoms with van der Waals surface area (Å²) >= 11 is 0. The lowest BCUT2D eigenvalue weighted by atomic mass is 9.86. The largest absolute Gasteiger partial charge is 0.464 e. The molecule has 2 aromatic heterocycles. The second kappa shape index (κ2) is 7.08. The molecule has 1 atom stereocenters. The van der Waals surface area contributed by atoms with E-state index in [1.165, 1.54) is 21.9 Å². The van der Waals surface area contributed by atoms with Crippen molar-refractivity contribution in [3.05, 3.63) is 71.4 Å². The van der Waals surface area contributed by atoms with E-state index >= 15 is 0 Å². The van der Waals surface area contributed by atoms with Gasteiger partial charge in [-0.25, -0.2) is 4.79 Å². The Labute approximate surface area is 172 Å². The lowest BCUT2D eigenvalue weighted by Crippen LogP contribution is -2.17. The second-order valence-electron chi connectivity index (χ2n) is 7.49. The van der Waals surface area contributed by atoms with E-state index in [1.807, 2.05) is 36.4 Å². The normalized spacial score (nSPS) is 15.5. The maximum atomic E-state index is 11.5. The van der Waals surface area contributed by atoms with Crippen LogP contribution >= 0.6 is 0 Å². The van der Waals surface area contributed by atoms with Gasteiger partial charge in [0.25, 0.3) is 0 Å². The van der Waals surface area contributed by atoms with E-state index in [0.717, 1.165) is 35.9 Å². The molecule has 30 heavy (non-hydrogen) atoms. The average molecular weight is 397 g/mol. The van der Waals surface area contributed by atoms with E-state index in [0.29, 0.717) is 17.0 Å². The van der Waals surface area contributed by atoms with Gasteiger partial charge in [-0.2, -0.15) is 10.4 Å². The molecule has 1 aliphatic rings. The van der Waals surface area contributed by atoms with Crippen molar-refractivity contribution in [2.45, 2.75) is 25.3 Å². The van der Waals surface area contributed by atoms with Crippen molar-refractivity contribution < 1.29 is 9.90 Å². The van der Waals surface area contributed by atoms with Crippen LogP contribution in [0.1, 0.15) is 35.6 Å². The number of nitrogens with one attached hydrogen (secondary N) is 2. The van der Waals surface area contributed by atoms with Crippen molar-refractivity contribution in [1.29, 1.82) is 5.26 Å². The lowest BCUT2D eigenvalue weighted by Gasteiger charge is -2.27. The van der Waals surface area contributed by atoms with Crippen LogP contribution in [0.2, 0.25) is 0 Å². The molecule has 1 unspecified atom stereocenters. The van der Waals surface area contributed by atoms with E-state index in [-0.39, 0.29) is 6.04 Å². The van der Waals surface area contributed by atoms with Crippen LogP contribution in [0.4, 0.5) is 10.5 Å². The summed E-state index contributed by atoms with van der Waals surface area (Å²) < 4.78 is 1.17. The van der Waals surface area contributed by atoms with Crippen LogP contribution in [0.15, 0.2) is 54.7 Å². The Morgan fingerprint density at radius 3 is 3.00 bits per heavy atom. The van der Waals surface area contributed by atoms with Crippen LogP contribution < -0.4 is 5.32 Å². The van der Waals surface area contributed by atoms with Gasteiger partial charge in [0.1, 0.15) is 5.69 Å². The van der Waals surface area contributed by atoms with Gasteiger partial charge >= 0.3 is 6.09 Å². The first kappa shape index (κ1) is 18.0. The topological polar surface area (TPSA) is 107 Å². The predicted octanol–water partition coefficient (Wildman–Crippen LogP) is 4.92. The fourth-order valence-corrected chi connectivity index (χ4v) is 4.27. The Morgan fingerprint density at radius 2 is 2.17 bits per heavy atom. The molecule has 4 aromatic rings. The number of aromatic amines is 1.